The number of nitrogens with zero attached hydrogens (tertiary/aromatic N) is 3. The van der Waals surface area contributed by atoms with Crippen LogP contribution in [-0.2, 0) is 23.2 Å². The smallest absolute Gasteiger partial charge is 0.316 e. The molecular formula is C14H17N3O4S. The molecule has 0 spiro atoms. The largest absolute Gasteiger partial charge is 0.493 e. The second-order valence-electron chi connectivity index (χ2n) is 4.26. The van der Waals surface area contributed by atoms with Crippen molar-refractivity contribution in [1.29, 1.82) is 0 Å². The molecule has 118 valence electrons. The lowest BCUT2D eigenvalue weighted by Crippen LogP contribution is -2.07. The number of esters is 1. The van der Waals surface area contributed by atoms with Gasteiger partial charge in [-0.15, -0.1) is 10.2 Å². The highest BCUT2D eigenvalue weighted by molar-refractivity contribution is 7.99. The molecule has 0 saturated carbocycles. The number of hydrogen-bond acceptors (Lipinski definition) is 7. The third-order valence-electron chi connectivity index (χ3n) is 2.90. The number of benzene rings is 1. The summed E-state index contributed by atoms with van der Waals surface area (Å²) in [6, 6.07) is 7.38. The van der Waals surface area contributed by atoms with E-state index in [-0.39, 0.29) is 18.3 Å². The van der Waals surface area contributed by atoms with E-state index in [1.807, 2.05) is 31.3 Å². The third-order valence-corrected chi connectivity index (χ3v) is 3.89. The summed E-state index contributed by atoms with van der Waals surface area (Å²) >= 11 is 1.26. The number of carbonyl (C=O) groups excluding carboxylic acids is 1. The summed E-state index contributed by atoms with van der Waals surface area (Å²) in [5.41, 5.74) is 0. The molecule has 0 bridgehead atoms. The lowest BCUT2D eigenvalue weighted by molar-refractivity contribution is -0.137. The molecule has 8 heteroatoms. The van der Waals surface area contributed by atoms with E-state index in [2.05, 4.69) is 14.9 Å². The van der Waals surface area contributed by atoms with Gasteiger partial charge in [-0.2, -0.15) is 0 Å². The van der Waals surface area contributed by atoms with Crippen molar-refractivity contribution in [1.82, 2.24) is 14.8 Å². The summed E-state index contributed by atoms with van der Waals surface area (Å²) < 4.78 is 17.3. The van der Waals surface area contributed by atoms with Crippen LogP contribution in [0.15, 0.2) is 29.4 Å². The lowest BCUT2D eigenvalue weighted by Gasteiger charge is -2.09. The van der Waals surface area contributed by atoms with Crippen LogP contribution in [0.2, 0.25) is 0 Å². The first-order valence-electron chi connectivity index (χ1n) is 6.49. The highest BCUT2D eigenvalue weighted by Crippen LogP contribution is 2.26. The normalized spacial score (nSPS) is 10.3. The fourth-order valence-corrected chi connectivity index (χ4v) is 2.42. The predicted octanol–water partition coefficient (Wildman–Crippen LogP) is 1.67. The number of aromatic nitrogens is 3. The van der Waals surface area contributed by atoms with Crippen LogP contribution in [0.4, 0.5) is 0 Å². The maximum absolute atomic E-state index is 11.1. The molecule has 2 aromatic rings. The standard InChI is InChI=1S/C14H17N3O4S/c1-17-12(15-16-14(17)22-9-13(18)20-3)8-21-11-7-5-4-6-10(11)19-2/h4-7H,8-9H2,1-3H3. The Kier molecular flexibility index (Phi) is 5.65. The number of para-hydroxylation sites is 2. The second-order valence-corrected chi connectivity index (χ2v) is 5.20. The van der Waals surface area contributed by atoms with Crippen LogP contribution in [0.5, 0.6) is 11.5 Å². The predicted molar refractivity (Wildman–Crippen MR) is 81.1 cm³/mol. The van der Waals surface area contributed by atoms with Crippen molar-refractivity contribution in [3.05, 3.63) is 30.1 Å². The Morgan fingerprint density at radius 3 is 2.64 bits per heavy atom. The van der Waals surface area contributed by atoms with E-state index >= 15 is 0 Å². The van der Waals surface area contributed by atoms with Crippen LogP contribution < -0.4 is 9.47 Å². The zero-order valence-electron chi connectivity index (χ0n) is 12.6. The summed E-state index contributed by atoms with van der Waals surface area (Å²) in [5, 5.41) is 8.73. The molecule has 1 heterocycles. The van der Waals surface area contributed by atoms with Gasteiger partial charge in [0.1, 0.15) is 6.61 Å². The van der Waals surface area contributed by atoms with Gasteiger partial charge in [-0.05, 0) is 12.1 Å². The van der Waals surface area contributed by atoms with Gasteiger partial charge < -0.3 is 18.8 Å². The lowest BCUT2D eigenvalue weighted by atomic mass is 10.3. The molecule has 0 atom stereocenters. The van der Waals surface area contributed by atoms with E-state index in [4.69, 9.17) is 9.47 Å². The molecule has 22 heavy (non-hydrogen) atoms. The van der Waals surface area contributed by atoms with Crippen molar-refractivity contribution < 1.29 is 19.0 Å². The Hall–Kier alpha value is -2.22. The van der Waals surface area contributed by atoms with Crippen molar-refractivity contribution in [2.24, 2.45) is 7.05 Å². The van der Waals surface area contributed by atoms with E-state index in [1.165, 1.54) is 18.9 Å². The average Bonchev–Trinajstić information content (AvgIpc) is 2.91. The van der Waals surface area contributed by atoms with Crippen LogP contribution in [0.1, 0.15) is 5.82 Å². The molecule has 0 aliphatic rings. The third kappa shape index (κ3) is 3.91. The first-order valence-corrected chi connectivity index (χ1v) is 7.48. The van der Waals surface area contributed by atoms with Crippen LogP contribution >= 0.6 is 11.8 Å². The van der Waals surface area contributed by atoms with Gasteiger partial charge in [0.2, 0.25) is 0 Å². The number of methoxy groups -OCH3 is 2. The Balaban J connectivity index is 1.99. The van der Waals surface area contributed by atoms with Crippen molar-refractivity contribution in [3.63, 3.8) is 0 Å². The molecule has 0 fully saturated rings. The van der Waals surface area contributed by atoms with Crippen molar-refractivity contribution in [2.45, 2.75) is 11.8 Å². The summed E-state index contributed by atoms with van der Waals surface area (Å²) in [5.74, 6) is 1.83. The number of ether oxygens (including phenoxy) is 3. The van der Waals surface area contributed by atoms with E-state index < -0.39 is 0 Å². The minimum atomic E-state index is -0.306. The van der Waals surface area contributed by atoms with Crippen molar-refractivity contribution in [2.75, 3.05) is 20.0 Å². The van der Waals surface area contributed by atoms with Gasteiger partial charge in [-0.1, -0.05) is 23.9 Å². The van der Waals surface area contributed by atoms with Crippen LogP contribution in [-0.4, -0.2) is 40.7 Å². The molecule has 2 rings (SSSR count). The molecule has 0 N–H and O–H groups in total. The first kappa shape index (κ1) is 16.2. The quantitative estimate of drug-likeness (QED) is 0.566. The highest BCUT2D eigenvalue weighted by Gasteiger charge is 2.12. The van der Waals surface area contributed by atoms with Gasteiger partial charge in [0.25, 0.3) is 0 Å². The Morgan fingerprint density at radius 1 is 1.23 bits per heavy atom. The average molecular weight is 323 g/mol. The molecule has 1 aromatic heterocycles. The van der Waals surface area contributed by atoms with Gasteiger partial charge in [0, 0.05) is 7.05 Å². The monoisotopic (exact) mass is 323 g/mol. The molecule has 7 nitrogen and oxygen atoms in total. The molecular weight excluding hydrogens is 306 g/mol. The number of carbonyl (C=O) groups is 1. The van der Waals surface area contributed by atoms with Crippen LogP contribution in [0, 0.1) is 0 Å². The SMILES string of the molecule is COC(=O)CSc1nnc(COc2ccccc2OC)n1C. The minimum Gasteiger partial charge on any atom is -0.493 e. The van der Waals surface area contributed by atoms with Crippen LogP contribution in [0.3, 0.4) is 0 Å². The molecule has 0 amide bonds. The zero-order chi connectivity index (χ0) is 15.9. The van der Waals surface area contributed by atoms with Gasteiger partial charge in [-0.3, -0.25) is 4.79 Å². The summed E-state index contributed by atoms with van der Waals surface area (Å²) in [6.07, 6.45) is 0. The number of hydrogen-bond donors (Lipinski definition) is 0. The van der Waals surface area contributed by atoms with E-state index in [1.54, 1.807) is 11.7 Å². The summed E-state index contributed by atoms with van der Waals surface area (Å²) in [7, 11) is 4.76. The Morgan fingerprint density at radius 2 is 1.95 bits per heavy atom. The Labute approximate surface area is 132 Å². The Bertz CT molecular complexity index is 645. The second kappa shape index (κ2) is 7.69. The van der Waals surface area contributed by atoms with Crippen molar-refractivity contribution in [3.8, 4) is 11.5 Å². The maximum Gasteiger partial charge on any atom is 0.316 e. The van der Waals surface area contributed by atoms with E-state index in [9.17, 15) is 4.79 Å². The van der Waals surface area contributed by atoms with Crippen molar-refractivity contribution >= 4 is 17.7 Å². The molecule has 0 aliphatic carbocycles. The molecule has 0 unspecified atom stereocenters. The fourth-order valence-electron chi connectivity index (χ4n) is 1.66. The number of rotatable bonds is 7. The van der Waals surface area contributed by atoms with Gasteiger partial charge >= 0.3 is 5.97 Å². The van der Waals surface area contributed by atoms with Gasteiger partial charge in [0.15, 0.2) is 22.5 Å². The van der Waals surface area contributed by atoms with E-state index in [0.29, 0.717) is 22.5 Å². The fraction of sp³-hybridized carbons (Fsp3) is 0.357. The summed E-state index contributed by atoms with van der Waals surface area (Å²) in [4.78, 5) is 11.1. The minimum absolute atomic E-state index is 0.190. The zero-order valence-corrected chi connectivity index (χ0v) is 13.4. The maximum atomic E-state index is 11.1. The molecule has 1 aromatic carbocycles. The summed E-state index contributed by atoms with van der Waals surface area (Å²) in [6.45, 7) is 0.253. The topological polar surface area (TPSA) is 75.5 Å². The first-order chi connectivity index (χ1) is 10.7. The van der Waals surface area contributed by atoms with Gasteiger partial charge in [-0.25, -0.2) is 0 Å². The van der Waals surface area contributed by atoms with E-state index in [0.717, 1.165) is 0 Å². The number of thioether (sulfide) groups is 1. The van der Waals surface area contributed by atoms with Gasteiger partial charge in [0.05, 0.1) is 20.0 Å². The highest BCUT2D eigenvalue weighted by atomic mass is 32.2. The van der Waals surface area contributed by atoms with Crippen LogP contribution in [0.25, 0.3) is 0 Å². The molecule has 0 aliphatic heterocycles. The molecule has 0 saturated heterocycles. The molecule has 0 radical (unpaired) electrons.